The molecule has 5 heteroatoms. The molecule has 1 saturated carbocycles. The van der Waals surface area contributed by atoms with E-state index in [1.54, 1.807) is 0 Å². The maximum Gasteiger partial charge on any atom is 0.227 e. The molecule has 0 radical (unpaired) electrons. The number of carbonyl (C=O) groups excluding carboxylic acids is 1. The summed E-state index contributed by atoms with van der Waals surface area (Å²) in [4.78, 5) is 11.6. The summed E-state index contributed by atoms with van der Waals surface area (Å²) in [5.74, 6) is -0.0984. The molecular formula is C9H18N2O3. The average molecular weight is 202 g/mol. The Morgan fingerprint density at radius 1 is 1.57 bits per heavy atom. The summed E-state index contributed by atoms with van der Waals surface area (Å²) in [7, 11) is 0. The van der Waals surface area contributed by atoms with E-state index in [-0.39, 0.29) is 19.1 Å². The highest BCUT2D eigenvalue weighted by molar-refractivity contribution is 5.83. The lowest BCUT2D eigenvalue weighted by molar-refractivity contribution is -0.135. The van der Waals surface area contributed by atoms with Crippen LogP contribution < -0.4 is 11.1 Å². The SMILES string of the molecule is NCC1(C(=O)NCC(O)CO)CCC1. The highest BCUT2D eigenvalue weighted by atomic mass is 16.3. The summed E-state index contributed by atoms with van der Waals surface area (Å²) in [6.07, 6.45) is 1.80. The van der Waals surface area contributed by atoms with Gasteiger partial charge in [-0.25, -0.2) is 0 Å². The molecule has 1 unspecified atom stereocenters. The second-order valence-corrected chi connectivity index (χ2v) is 3.88. The van der Waals surface area contributed by atoms with Crippen LogP contribution in [0.5, 0.6) is 0 Å². The number of carbonyl (C=O) groups is 1. The Labute approximate surface area is 83.3 Å². The standard InChI is InChI=1S/C9H18N2O3/c10-6-9(2-1-3-9)8(14)11-4-7(13)5-12/h7,12-13H,1-6,10H2,(H,11,14). The maximum atomic E-state index is 11.6. The van der Waals surface area contributed by atoms with Crippen LogP contribution in [-0.4, -0.2) is 41.9 Å². The number of amides is 1. The highest BCUT2D eigenvalue weighted by Gasteiger charge is 2.42. The Balaban J connectivity index is 2.34. The van der Waals surface area contributed by atoms with Crippen molar-refractivity contribution in [3.8, 4) is 0 Å². The molecule has 1 aliphatic rings. The zero-order valence-corrected chi connectivity index (χ0v) is 8.20. The van der Waals surface area contributed by atoms with E-state index >= 15 is 0 Å². The summed E-state index contributed by atoms with van der Waals surface area (Å²) in [6, 6.07) is 0. The Morgan fingerprint density at radius 2 is 2.21 bits per heavy atom. The predicted molar refractivity (Wildman–Crippen MR) is 51.4 cm³/mol. The first-order chi connectivity index (χ1) is 6.64. The normalized spacial score (nSPS) is 21.1. The molecule has 0 aromatic carbocycles. The van der Waals surface area contributed by atoms with E-state index in [1.165, 1.54) is 0 Å². The lowest BCUT2D eigenvalue weighted by Gasteiger charge is -2.39. The van der Waals surface area contributed by atoms with Crippen molar-refractivity contribution in [2.45, 2.75) is 25.4 Å². The maximum absolute atomic E-state index is 11.6. The Kier molecular flexibility index (Phi) is 3.86. The van der Waals surface area contributed by atoms with E-state index in [2.05, 4.69) is 5.32 Å². The lowest BCUT2D eigenvalue weighted by Crippen LogP contribution is -2.51. The summed E-state index contributed by atoms with van der Waals surface area (Å²) >= 11 is 0. The van der Waals surface area contributed by atoms with Crippen LogP contribution in [0.1, 0.15) is 19.3 Å². The fourth-order valence-electron chi connectivity index (χ4n) is 1.59. The van der Waals surface area contributed by atoms with Gasteiger partial charge in [-0.1, -0.05) is 6.42 Å². The van der Waals surface area contributed by atoms with Crippen molar-refractivity contribution in [2.75, 3.05) is 19.7 Å². The van der Waals surface area contributed by atoms with Gasteiger partial charge < -0.3 is 21.3 Å². The number of rotatable bonds is 5. The Hall–Kier alpha value is -0.650. The third kappa shape index (κ3) is 2.23. The summed E-state index contributed by atoms with van der Waals surface area (Å²) in [6.45, 7) is 0.112. The molecule has 0 bridgehead atoms. The molecule has 5 nitrogen and oxygen atoms in total. The van der Waals surface area contributed by atoms with E-state index in [1.807, 2.05) is 0 Å². The fraction of sp³-hybridized carbons (Fsp3) is 0.889. The minimum absolute atomic E-state index is 0.0943. The van der Waals surface area contributed by atoms with Crippen molar-refractivity contribution in [3.05, 3.63) is 0 Å². The van der Waals surface area contributed by atoms with Gasteiger partial charge in [0.2, 0.25) is 5.91 Å². The summed E-state index contributed by atoms with van der Waals surface area (Å²) < 4.78 is 0. The van der Waals surface area contributed by atoms with Crippen LogP contribution in [0, 0.1) is 5.41 Å². The number of aliphatic hydroxyl groups is 2. The molecule has 1 fully saturated rings. The van der Waals surface area contributed by atoms with Gasteiger partial charge >= 0.3 is 0 Å². The first-order valence-electron chi connectivity index (χ1n) is 4.92. The van der Waals surface area contributed by atoms with E-state index < -0.39 is 11.5 Å². The van der Waals surface area contributed by atoms with Gasteiger partial charge in [0.15, 0.2) is 0 Å². The topological polar surface area (TPSA) is 95.6 Å². The zero-order chi connectivity index (χ0) is 10.6. The molecule has 5 N–H and O–H groups in total. The molecule has 14 heavy (non-hydrogen) atoms. The molecule has 1 atom stereocenters. The number of hydrogen-bond acceptors (Lipinski definition) is 4. The molecule has 0 saturated heterocycles. The van der Waals surface area contributed by atoms with Crippen LogP contribution in [0.15, 0.2) is 0 Å². The predicted octanol–water partition coefficient (Wildman–Crippen LogP) is -1.42. The zero-order valence-electron chi connectivity index (χ0n) is 8.20. The number of aliphatic hydroxyl groups excluding tert-OH is 2. The van der Waals surface area contributed by atoms with Gasteiger partial charge in [0.1, 0.15) is 0 Å². The summed E-state index contributed by atoms with van der Waals surface area (Å²) in [5, 5.41) is 20.2. The van der Waals surface area contributed by atoms with E-state index in [0.717, 1.165) is 19.3 Å². The van der Waals surface area contributed by atoms with Crippen molar-refractivity contribution in [3.63, 3.8) is 0 Å². The van der Waals surface area contributed by atoms with Gasteiger partial charge in [-0.2, -0.15) is 0 Å². The first-order valence-corrected chi connectivity index (χ1v) is 4.92. The van der Waals surface area contributed by atoms with Crippen LogP contribution in [0.4, 0.5) is 0 Å². The molecule has 0 aliphatic heterocycles. The van der Waals surface area contributed by atoms with Crippen molar-refractivity contribution >= 4 is 5.91 Å². The minimum Gasteiger partial charge on any atom is -0.394 e. The molecule has 1 rings (SSSR count). The number of nitrogens with one attached hydrogen (secondary N) is 1. The largest absolute Gasteiger partial charge is 0.394 e. The van der Waals surface area contributed by atoms with Crippen LogP contribution >= 0.6 is 0 Å². The molecule has 0 spiro atoms. The third-order valence-electron chi connectivity index (χ3n) is 2.89. The van der Waals surface area contributed by atoms with Crippen molar-refractivity contribution in [1.29, 1.82) is 0 Å². The van der Waals surface area contributed by atoms with E-state index in [0.29, 0.717) is 6.54 Å². The number of hydrogen-bond donors (Lipinski definition) is 4. The van der Waals surface area contributed by atoms with Crippen molar-refractivity contribution < 1.29 is 15.0 Å². The molecule has 1 aliphatic carbocycles. The van der Waals surface area contributed by atoms with Crippen molar-refractivity contribution in [2.24, 2.45) is 11.1 Å². The Bertz CT molecular complexity index is 199. The lowest BCUT2D eigenvalue weighted by atomic mass is 9.68. The van der Waals surface area contributed by atoms with Gasteiger partial charge in [0.05, 0.1) is 18.1 Å². The van der Waals surface area contributed by atoms with Crippen molar-refractivity contribution in [1.82, 2.24) is 5.32 Å². The second kappa shape index (κ2) is 4.72. The van der Waals surface area contributed by atoms with E-state index in [9.17, 15) is 4.79 Å². The van der Waals surface area contributed by atoms with Gasteiger partial charge in [-0.3, -0.25) is 4.79 Å². The highest BCUT2D eigenvalue weighted by Crippen LogP contribution is 2.39. The smallest absolute Gasteiger partial charge is 0.227 e. The summed E-state index contributed by atoms with van der Waals surface area (Å²) in [5.41, 5.74) is 5.13. The quantitative estimate of drug-likeness (QED) is 0.440. The van der Waals surface area contributed by atoms with Crippen LogP contribution in [0.3, 0.4) is 0 Å². The fourth-order valence-corrected chi connectivity index (χ4v) is 1.59. The van der Waals surface area contributed by atoms with Gasteiger partial charge in [0.25, 0.3) is 0 Å². The first kappa shape index (κ1) is 11.4. The van der Waals surface area contributed by atoms with E-state index in [4.69, 9.17) is 15.9 Å². The third-order valence-corrected chi connectivity index (χ3v) is 2.89. The van der Waals surface area contributed by atoms with Crippen LogP contribution in [0.25, 0.3) is 0 Å². The van der Waals surface area contributed by atoms with Gasteiger partial charge in [-0.05, 0) is 12.8 Å². The monoisotopic (exact) mass is 202 g/mol. The molecule has 82 valence electrons. The van der Waals surface area contributed by atoms with Crippen LogP contribution in [0.2, 0.25) is 0 Å². The molecule has 0 aromatic heterocycles. The van der Waals surface area contributed by atoms with Gasteiger partial charge in [-0.15, -0.1) is 0 Å². The Morgan fingerprint density at radius 3 is 2.57 bits per heavy atom. The van der Waals surface area contributed by atoms with Gasteiger partial charge in [0, 0.05) is 13.1 Å². The van der Waals surface area contributed by atoms with Crippen LogP contribution in [-0.2, 0) is 4.79 Å². The average Bonchev–Trinajstić information content (AvgIpc) is 2.13. The minimum atomic E-state index is -0.881. The molecule has 0 heterocycles. The second-order valence-electron chi connectivity index (χ2n) is 3.88. The molecular weight excluding hydrogens is 184 g/mol. The molecule has 1 amide bonds. The molecule has 0 aromatic rings. The number of nitrogens with two attached hydrogens (primary N) is 1.